The highest BCUT2D eigenvalue weighted by Crippen LogP contribution is 2.29. The Morgan fingerprint density at radius 1 is 1.17 bits per heavy atom. The molecule has 2 rings (SSSR count). The molecular weight excluding hydrogens is 530 g/mol. The van der Waals surface area contributed by atoms with Gasteiger partial charge in [-0.2, -0.15) is 13.2 Å². The summed E-state index contributed by atoms with van der Waals surface area (Å²) in [6, 6.07) is 7.36. The molecule has 1 aromatic heterocycles. The van der Waals surface area contributed by atoms with Gasteiger partial charge in [-0.15, -0.1) is 35.3 Å². The summed E-state index contributed by atoms with van der Waals surface area (Å²) in [6.07, 6.45) is -3.17. The molecule has 0 atom stereocenters. The number of nitrogens with zero attached hydrogens (tertiary/aromatic N) is 2. The summed E-state index contributed by atoms with van der Waals surface area (Å²) in [7, 11) is 0. The molecule has 166 valence electrons. The van der Waals surface area contributed by atoms with Crippen LogP contribution in [-0.4, -0.2) is 23.4 Å². The van der Waals surface area contributed by atoms with Crippen LogP contribution in [0.15, 0.2) is 34.6 Å². The third-order valence-corrected chi connectivity index (χ3v) is 4.58. The number of aromatic nitrogens is 1. The number of hydrogen-bond acceptors (Lipinski definition) is 4. The number of amides is 1. The number of anilines is 1. The number of benzene rings is 1. The molecule has 6 nitrogen and oxygen atoms in total. The van der Waals surface area contributed by atoms with Gasteiger partial charge in [-0.25, -0.2) is 9.98 Å². The molecule has 1 heterocycles. The largest absolute Gasteiger partial charge is 0.434 e. The van der Waals surface area contributed by atoms with Crippen LogP contribution in [0.3, 0.4) is 0 Å². The van der Waals surface area contributed by atoms with E-state index >= 15 is 0 Å². The van der Waals surface area contributed by atoms with Gasteiger partial charge in [0.1, 0.15) is 5.01 Å². The zero-order valence-corrected chi connectivity index (χ0v) is 19.8. The van der Waals surface area contributed by atoms with Crippen LogP contribution in [0.5, 0.6) is 0 Å². The van der Waals surface area contributed by atoms with E-state index in [1.807, 2.05) is 38.1 Å². The van der Waals surface area contributed by atoms with Crippen molar-refractivity contribution in [3.63, 3.8) is 0 Å². The molecular formula is C19H25F3IN5OS. The molecule has 11 heteroatoms. The lowest BCUT2D eigenvalue weighted by Gasteiger charge is -2.10. The van der Waals surface area contributed by atoms with Crippen LogP contribution in [-0.2, 0) is 24.1 Å². The monoisotopic (exact) mass is 555 g/mol. The number of rotatable bonds is 8. The van der Waals surface area contributed by atoms with Gasteiger partial charge in [-0.1, -0.05) is 19.1 Å². The quantitative estimate of drug-likeness (QED) is 0.249. The van der Waals surface area contributed by atoms with E-state index in [0.29, 0.717) is 30.5 Å². The summed E-state index contributed by atoms with van der Waals surface area (Å²) in [5, 5.41) is 10.2. The molecule has 0 unspecified atom stereocenters. The van der Waals surface area contributed by atoms with E-state index in [1.54, 1.807) is 0 Å². The lowest BCUT2D eigenvalue weighted by atomic mass is 10.2. The summed E-state index contributed by atoms with van der Waals surface area (Å²) in [4.78, 5) is 19.6. The minimum atomic E-state index is -4.44. The second-order valence-electron chi connectivity index (χ2n) is 6.17. The maximum absolute atomic E-state index is 12.6. The third kappa shape index (κ3) is 8.86. The van der Waals surface area contributed by atoms with E-state index in [4.69, 9.17) is 0 Å². The van der Waals surface area contributed by atoms with Crippen LogP contribution < -0.4 is 16.0 Å². The average Bonchev–Trinajstić information content (AvgIpc) is 3.15. The molecule has 0 radical (unpaired) electrons. The van der Waals surface area contributed by atoms with Crippen molar-refractivity contribution < 1.29 is 18.0 Å². The van der Waals surface area contributed by atoms with Crippen molar-refractivity contribution in [3.8, 4) is 0 Å². The third-order valence-electron chi connectivity index (χ3n) is 3.73. The van der Waals surface area contributed by atoms with Crippen LogP contribution in [0.2, 0.25) is 0 Å². The number of carbonyl (C=O) groups is 1. The molecule has 0 saturated heterocycles. The van der Waals surface area contributed by atoms with Crippen LogP contribution >= 0.6 is 35.3 Å². The van der Waals surface area contributed by atoms with Crippen molar-refractivity contribution in [1.82, 2.24) is 15.6 Å². The van der Waals surface area contributed by atoms with Crippen LogP contribution in [0, 0.1) is 0 Å². The normalized spacial score (nSPS) is 11.6. The molecule has 0 bridgehead atoms. The Bertz CT molecular complexity index is 824. The fourth-order valence-corrected chi connectivity index (χ4v) is 3.08. The van der Waals surface area contributed by atoms with Gasteiger partial charge in [-0.3, -0.25) is 4.79 Å². The second-order valence-corrected chi connectivity index (χ2v) is 7.11. The summed E-state index contributed by atoms with van der Waals surface area (Å²) in [5.74, 6) is 0.462. The van der Waals surface area contributed by atoms with Gasteiger partial charge in [0.2, 0.25) is 5.91 Å². The van der Waals surface area contributed by atoms with Gasteiger partial charge >= 0.3 is 6.18 Å². The van der Waals surface area contributed by atoms with Crippen molar-refractivity contribution in [3.05, 3.63) is 45.9 Å². The topological polar surface area (TPSA) is 78.4 Å². The molecule has 0 spiro atoms. The number of alkyl halides is 3. The van der Waals surface area contributed by atoms with E-state index in [0.717, 1.165) is 34.4 Å². The van der Waals surface area contributed by atoms with E-state index in [1.165, 1.54) is 0 Å². The van der Waals surface area contributed by atoms with E-state index in [9.17, 15) is 18.0 Å². The molecule has 0 fully saturated rings. The van der Waals surface area contributed by atoms with Gasteiger partial charge in [0.25, 0.3) is 0 Å². The molecule has 30 heavy (non-hydrogen) atoms. The first-order valence-electron chi connectivity index (χ1n) is 9.24. The van der Waals surface area contributed by atoms with E-state index in [-0.39, 0.29) is 36.4 Å². The summed E-state index contributed by atoms with van der Waals surface area (Å²) >= 11 is 0.950. The zero-order valence-electron chi connectivity index (χ0n) is 16.7. The number of hydrogen-bond donors (Lipinski definition) is 3. The summed E-state index contributed by atoms with van der Waals surface area (Å²) in [5.41, 5.74) is 0.780. The van der Waals surface area contributed by atoms with Gasteiger partial charge in [0.05, 0.1) is 13.1 Å². The molecule has 0 aliphatic rings. The molecule has 3 N–H and O–H groups in total. The van der Waals surface area contributed by atoms with E-state index < -0.39 is 11.9 Å². The first-order valence-corrected chi connectivity index (χ1v) is 10.1. The number of nitrogens with one attached hydrogen (secondary N) is 3. The Balaban J connectivity index is 0.00000450. The number of carbonyl (C=O) groups excluding carboxylic acids is 1. The molecule has 1 aromatic carbocycles. The fraction of sp³-hybridized carbons (Fsp3) is 0.421. The predicted octanol–water partition coefficient (Wildman–Crippen LogP) is 4.77. The fourth-order valence-electron chi connectivity index (χ4n) is 2.34. The highest BCUT2D eigenvalue weighted by molar-refractivity contribution is 14.0. The lowest BCUT2D eigenvalue weighted by molar-refractivity contribution is -0.140. The highest BCUT2D eigenvalue weighted by Gasteiger charge is 2.33. The minimum Gasteiger partial charge on any atom is -0.357 e. The maximum Gasteiger partial charge on any atom is 0.434 e. The zero-order chi connectivity index (χ0) is 21.3. The van der Waals surface area contributed by atoms with Crippen LogP contribution in [0.25, 0.3) is 0 Å². The SMILES string of the molecule is CCCC(=O)Nc1ccc(CN=C(NCC)NCc2nc(C(F)(F)F)cs2)cc1.I. The Hall–Kier alpha value is -1.89. The maximum atomic E-state index is 12.6. The highest BCUT2D eigenvalue weighted by atomic mass is 127. The summed E-state index contributed by atoms with van der Waals surface area (Å²) < 4.78 is 37.9. The number of thiazole rings is 1. The first-order chi connectivity index (χ1) is 13.8. The van der Waals surface area contributed by atoms with Crippen molar-refractivity contribution in [2.24, 2.45) is 4.99 Å². The Labute approximate surface area is 194 Å². The first kappa shape index (κ1) is 26.1. The van der Waals surface area contributed by atoms with Crippen molar-refractivity contribution in [2.75, 3.05) is 11.9 Å². The predicted molar refractivity (Wildman–Crippen MR) is 124 cm³/mol. The smallest absolute Gasteiger partial charge is 0.357 e. The van der Waals surface area contributed by atoms with Gasteiger partial charge in [-0.05, 0) is 31.0 Å². The van der Waals surface area contributed by atoms with Crippen molar-refractivity contribution >= 4 is 52.9 Å². The number of halogens is 4. The standard InChI is InChI=1S/C19H24F3N5OS.HI/c1-3-5-16(28)26-14-8-6-13(7-9-14)10-24-18(23-4-2)25-11-17-27-15(12-29-17)19(20,21)22;/h6-9,12H,3-5,10-11H2,1-2H3,(H,26,28)(H2,23,24,25);1H. The molecule has 0 saturated carbocycles. The van der Waals surface area contributed by atoms with Crippen LogP contribution in [0.4, 0.5) is 18.9 Å². The van der Waals surface area contributed by atoms with Gasteiger partial charge in [0.15, 0.2) is 11.7 Å². The average molecular weight is 555 g/mol. The van der Waals surface area contributed by atoms with E-state index in [2.05, 4.69) is 25.9 Å². The number of aliphatic imine (C=N–C) groups is 1. The number of guanidine groups is 1. The Kier molecular flexibility index (Phi) is 11.1. The van der Waals surface area contributed by atoms with Gasteiger partial charge < -0.3 is 16.0 Å². The minimum absolute atomic E-state index is 0. The molecule has 0 aliphatic heterocycles. The van der Waals surface area contributed by atoms with Crippen molar-refractivity contribution in [1.29, 1.82) is 0 Å². The molecule has 1 amide bonds. The Morgan fingerprint density at radius 3 is 2.43 bits per heavy atom. The summed E-state index contributed by atoms with van der Waals surface area (Å²) in [6.45, 7) is 4.98. The van der Waals surface area contributed by atoms with Crippen molar-refractivity contribution in [2.45, 2.75) is 46.0 Å². The van der Waals surface area contributed by atoms with Crippen LogP contribution in [0.1, 0.15) is 43.0 Å². The van der Waals surface area contributed by atoms with Gasteiger partial charge in [0, 0.05) is 24.0 Å². The molecule has 2 aromatic rings. The lowest BCUT2D eigenvalue weighted by Crippen LogP contribution is -2.36. The Morgan fingerprint density at radius 2 is 1.87 bits per heavy atom. The second kappa shape index (κ2) is 12.7. The molecule has 0 aliphatic carbocycles.